The van der Waals surface area contributed by atoms with E-state index >= 15 is 0 Å². The van der Waals surface area contributed by atoms with E-state index < -0.39 is 66.4 Å². The first-order valence-corrected chi connectivity index (χ1v) is 20.7. The number of piperidine rings is 1. The van der Waals surface area contributed by atoms with Gasteiger partial charge in [-0.2, -0.15) is 0 Å². The number of carbonyl (C=O) groups is 4. The number of nitrogens with one attached hydrogen (secondary N) is 3. The van der Waals surface area contributed by atoms with Crippen LogP contribution in [-0.2, 0) is 32.7 Å². The number of hydrogen-bond acceptors (Lipinski definition) is 10. The number of rotatable bonds is 14. The lowest BCUT2D eigenvalue weighted by Gasteiger charge is -2.36. The highest BCUT2D eigenvalue weighted by Gasteiger charge is 2.68. The Bertz CT molecular complexity index is 1530. The number of alkyl carbamates (subject to hydrolysis) is 1. The smallest absolute Gasteiger partial charge is 0.412 e. The van der Waals surface area contributed by atoms with Crippen molar-refractivity contribution in [2.24, 2.45) is 11.3 Å². The van der Waals surface area contributed by atoms with Gasteiger partial charge in [-0.25, -0.2) is 9.59 Å². The summed E-state index contributed by atoms with van der Waals surface area (Å²) in [6, 6.07) is 5.32. The summed E-state index contributed by atoms with van der Waals surface area (Å²) in [4.78, 5) is 59.0. The van der Waals surface area contributed by atoms with Crippen molar-refractivity contribution in [2.75, 3.05) is 43.1 Å². The second kappa shape index (κ2) is 17.2. The fraction of sp³-hybridized carbons (Fsp3) is 0.684. The number of likely N-dealkylation sites (tertiary alicyclic amines) is 1. The average Bonchev–Trinajstić information content (AvgIpc) is 3.37. The number of carbonyl (C=O) groups excluding carboxylic acids is 4. The minimum atomic E-state index is -3.87. The Kier molecular flexibility index (Phi) is 13.2. The van der Waals surface area contributed by atoms with Gasteiger partial charge in [0.1, 0.15) is 29.6 Å². The van der Waals surface area contributed by atoms with Gasteiger partial charge in [-0.3, -0.25) is 19.5 Å². The molecule has 4 aliphatic rings. The van der Waals surface area contributed by atoms with E-state index in [1.165, 1.54) is 4.90 Å². The normalized spacial score (nSPS) is 25.3. The Morgan fingerprint density at radius 2 is 1.60 bits per heavy atom. The van der Waals surface area contributed by atoms with E-state index in [2.05, 4.69) is 27.4 Å². The fourth-order valence-electron chi connectivity index (χ4n) is 7.77. The Hall–Kier alpha value is -3.61. The van der Waals surface area contributed by atoms with Crippen molar-refractivity contribution in [2.45, 2.75) is 122 Å². The van der Waals surface area contributed by atoms with Gasteiger partial charge >= 0.3 is 19.8 Å². The molecule has 14 nitrogen and oxygen atoms in total. The molecule has 2 aliphatic carbocycles. The molecule has 15 heteroatoms. The molecule has 0 aromatic heterocycles. The summed E-state index contributed by atoms with van der Waals surface area (Å²) in [5, 5.41) is 7.22. The maximum Gasteiger partial charge on any atom is 0.412 e. The van der Waals surface area contributed by atoms with Crippen molar-refractivity contribution >= 4 is 43.0 Å². The van der Waals surface area contributed by atoms with Gasteiger partial charge < -0.3 is 39.0 Å². The third kappa shape index (κ3) is 9.38. The maximum absolute atomic E-state index is 14.5. The van der Waals surface area contributed by atoms with Gasteiger partial charge in [0.2, 0.25) is 11.8 Å². The lowest BCUT2D eigenvalue weighted by molar-refractivity contribution is -0.142. The molecular weight excluding hydrogens is 701 g/mol. The molecule has 4 fully saturated rings. The van der Waals surface area contributed by atoms with Crippen LogP contribution in [0.5, 0.6) is 0 Å². The third-order valence-electron chi connectivity index (χ3n) is 10.6. The van der Waals surface area contributed by atoms with E-state index in [9.17, 15) is 23.7 Å². The highest BCUT2D eigenvalue weighted by atomic mass is 31.2. The summed E-state index contributed by atoms with van der Waals surface area (Å²) in [7, 11) is -3.87. The van der Waals surface area contributed by atoms with Crippen LogP contribution in [0.4, 0.5) is 21.0 Å². The molecule has 5 atom stereocenters. The summed E-state index contributed by atoms with van der Waals surface area (Å²) < 4.78 is 37.0. The zero-order valence-corrected chi connectivity index (χ0v) is 32.8. The van der Waals surface area contributed by atoms with Crippen molar-refractivity contribution < 1.29 is 42.3 Å². The first-order valence-electron chi connectivity index (χ1n) is 19.2. The molecule has 53 heavy (non-hydrogen) atoms. The van der Waals surface area contributed by atoms with Crippen LogP contribution >= 0.6 is 7.60 Å². The van der Waals surface area contributed by atoms with E-state index in [0.29, 0.717) is 5.69 Å². The van der Waals surface area contributed by atoms with Crippen molar-refractivity contribution in [3.8, 4) is 0 Å². The topological polar surface area (TPSA) is 165 Å². The van der Waals surface area contributed by atoms with E-state index in [1.54, 1.807) is 19.9 Å². The van der Waals surface area contributed by atoms with Gasteiger partial charge in [-0.15, -0.1) is 6.58 Å². The molecule has 2 saturated heterocycles. The predicted octanol–water partition coefficient (Wildman–Crippen LogP) is 6.56. The zero-order chi connectivity index (χ0) is 38.4. The van der Waals surface area contributed by atoms with E-state index in [1.807, 2.05) is 45.0 Å². The molecule has 2 saturated carbocycles. The minimum absolute atomic E-state index is 0.0371. The first kappa shape index (κ1) is 40.6. The van der Waals surface area contributed by atoms with Gasteiger partial charge in [0, 0.05) is 25.4 Å². The summed E-state index contributed by atoms with van der Waals surface area (Å²) in [6.07, 6.45) is 6.09. The molecular formula is C38H58N5O9P. The number of anilines is 2. The number of benzene rings is 1. The summed E-state index contributed by atoms with van der Waals surface area (Å²) in [5.74, 6) is -1.54. The number of ether oxygens (including phenoxy) is 2. The molecule has 2 aliphatic heterocycles. The standard InChI is InChI=1S/C38H58N5O9P/c1-7-26-24-38(26,53(48,49-8-2)50-9-3)41-33(44)31-23-28(52-35(46)39-29-19-13-14-20-30(29)42-21-15-10-16-22-42)25-43(31)34(45)32(37(4,5)6)40-36(47)51-27-17-11-12-18-27/h7,13-14,19-20,26-28,31-32H,1,8-12,15-18,21-25H2,2-6H3,(H,39,46)(H,40,47)(H,41,44)/t26-,28-,31+,32-,38+/m1/s1. The van der Waals surface area contributed by atoms with Gasteiger partial charge in [-0.1, -0.05) is 39.0 Å². The Labute approximate surface area is 313 Å². The average molecular weight is 760 g/mol. The van der Waals surface area contributed by atoms with Crippen molar-refractivity contribution in [1.82, 2.24) is 15.5 Å². The molecule has 2 heterocycles. The Morgan fingerprint density at radius 1 is 0.962 bits per heavy atom. The van der Waals surface area contributed by atoms with Crippen LogP contribution in [-0.4, -0.2) is 91.3 Å². The molecule has 0 bridgehead atoms. The summed E-state index contributed by atoms with van der Waals surface area (Å²) >= 11 is 0. The SMILES string of the molecule is C=C[C@@H]1C[C@]1(NC(=O)[C@@H]1C[C@@H](OC(=O)Nc2ccccc2N2CCCCC2)CN1C(=O)[C@@H](NC(=O)OC1CCCC1)C(C)(C)C)P(=O)(OCC)OCC. The van der Waals surface area contributed by atoms with Crippen LogP contribution < -0.4 is 20.9 Å². The molecule has 294 valence electrons. The summed E-state index contributed by atoms with van der Waals surface area (Å²) in [6.45, 7) is 14.5. The molecule has 4 amide bonds. The van der Waals surface area contributed by atoms with E-state index in [-0.39, 0.29) is 38.7 Å². The molecule has 3 N–H and O–H groups in total. The number of para-hydroxylation sites is 2. The maximum atomic E-state index is 14.5. The third-order valence-corrected chi connectivity index (χ3v) is 13.4. The quantitative estimate of drug-likeness (QED) is 0.140. The van der Waals surface area contributed by atoms with Crippen LogP contribution in [0.1, 0.15) is 92.4 Å². The number of amides is 4. The molecule has 0 radical (unpaired) electrons. The highest BCUT2D eigenvalue weighted by molar-refractivity contribution is 7.56. The number of hydrogen-bond donors (Lipinski definition) is 3. The van der Waals surface area contributed by atoms with Gasteiger partial charge in [0.25, 0.3) is 0 Å². The number of nitrogens with zero attached hydrogens (tertiary/aromatic N) is 2. The molecule has 0 spiro atoms. The molecule has 1 aromatic rings. The largest absolute Gasteiger partial charge is 0.446 e. The van der Waals surface area contributed by atoms with E-state index in [0.717, 1.165) is 63.7 Å². The zero-order valence-electron chi connectivity index (χ0n) is 31.9. The van der Waals surface area contributed by atoms with Crippen molar-refractivity contribution in [3.63, 3.8) is 0 Å². The molecule has 1 aromatic carbocycles. The van der Waals surface area contributed by atoms with Gasteiger partial charge in [0.05, 0.1) is 31.1 Å². The van der Waals surface area contributed by atoms with Gasteiger partial charge in [0.15, 0.2) is 0 Å². The van der Waals surface area contributed by atoms with Crippen LogP contribution in [0, 0.1) is 11.3 Å². The monoisotopic (exact) mass is 759 g/mol. The predicted molar refractivity (Wildman–Crippen MR) is 202 cm³/mol. The van der Waals surface area contributed by atoms with Crippen LogP contribution in [0.15, 0.2) is 36.9 Å². The van der Waals surface area contributed by atoms with Crippen molar-refractivity contribution in [1.29, 1.82) is 0 Å². The highest BCUT2D eigenvalue weighted by Crippen LogP contribution is 2.72. The van der Waals surface area contributed by atoms with Crippen molar-refractivity contribution in [3.05, 3.63) is 36.9 Å². The van der Waals surface area contributed by atoms with Crippen LogP contribution in [0.2, 0.25) is 0 Å². The lowest BCUT2D eigenvalue weighted by atomic mass is 9.85. The molecule has 0 unspecified atom stereocenters. The molecule has 5 rings (SSSR count). The second-order valence-corrected chi connectivity index (χ2v) is 17.8. The fourth-order valence-corrected chi connectivity index (χ4v) is 10.2. The van der Waals surface area contributed by atoms with E-state index in [4.69, 9.17) is 18.5 Å². The second-order valence-electron chi connectivity index (χ2n) is 15.5. The van der Waals surface area contributed by atoms with Gasteiger partial charge in [-0.05, 0) is 82.8 Å². The first-order chi connectivity index (χ1) is 25.2. The van der Waals surface area contributed by atoms with Crippen LogP contribution in [0.3, 0.4) is 0 Å². The Balaban J connectivity index is 1.38. The lowest BCUT2D eigenvalue weighted by Crippen LogP contribution is -2.58. The Morgan fingerprint density at radius 3 is 2.21 bits per heavy atom. The van der Waals surface area contributed by atoms with Crippen LogP contribution in [0.25, 0.3) is 0 Å². The summed E-state index contributed by atoms with van der Waals surface area (Å²) in [5.41, 5.74) is 0.714. The minimum Gasteiger partial charge on any atom is -0.446 e.